The first-order chi connectivity index (χ1) is 12.9. The highest BCUT2D eigenvalue weighted by Crippen LogP contribution is 2.33. The quantitative estimate of drug-likeness (QED) is 0.818. The molecule has 2 N–H and O–H groups in total. The number of benzene rings is 1. The fourth-order valence-electron chi connectivity index (χ4n) is 4.11. The smallest absolute Gasteiger partial charge is 0.317 e. The van der Waals surface area contributed by atoms with E-state index in [2.05, 4.69) is 10.2 Å². The summed E-state index contributed by atoms with van der Waals surface area (Å²) in [6.07, 6.45) is 2.03. The molecular weight excluding hydrogens is 373 g/mol. The van der Waals surface area contributed by atoms with Crippen molar-refractivity contribution in [3.05, 3.63) is 34.6 Å². The summed E-state index contributed by atoms with van der Waals surface area (Å²) in [6.45, 7) is 4.40. The molecule has 148 valence electrons. The molecule has 2 aliphatic heterocycles. The van der Waals surface area contributed by atoms with E-state index in [9.17, 15) is 19.1 Å². The van der Waals surface area contributed by atoms with Gasteiger partial charge in [-0.15, -0.1) is 0 Å². The van der Waals surface area contributed by atoms with Gasteiger partial charge in [-0.3, -0.25) is 9.69 Å². The fraction of sp³-hybridized carbons (Fsp3) is 0.579. The number of nitrogens with zero attached hydrogens (tertiary/aromatic N) is 2. The standard InChI is InChI=1S/C19H25ClFN3O3/c1-2-23-9-7-16(17(23)12-5-6-14(20)15(21)10-12)22-19(27)24-8-3-4-13(11-24)18(25)26/h5-6,10,13,16-17H,2-4,7-9,11H2,1H3,(H,22,27)(H,25,26). The third-order valence-corrected chi connectivity index (χ3v) is 5.87. The Labute approximate surface area is 163 Å². The molecule has 3 atom stereocenters. The van der Waals surface area contributed by atoms with E-state index in [0.717, 1.165) is 25.1 Å². The summed E-state index contributed by atoms with van der Waals surface area (Å²) in [5.41, 5.74) is 0.781. The van der Waals surface area contributed by atoms with Crippen LogP contribution in [0.4, 0.5) is 9.18 Å². The molecule has 0 saturated carbocycles. The Morgan fingerprint density at radius 2 is 2.11 bits per heavy atom. The first-order valence-corrected chi connectivity index (χ1v) is 9.75. The van der Waals surface area contributed by atoms with Gasteiger partial charge >= 0.3 is 12.0 Å². The monoisotopic (exact) mass is 397 g/mol. The molecule has 0 spiro atoms. The summed E-state index contributed by atoms with van der Waals surface area (Å²) >= 11 is 5.81. The minimum atomic E-state index is -0.861. The Morgan fingerprint density at radius 1 is 1.33 bits per heavy atom. The lowest BCUT2D eigenvalue weighted by Gasteiger charge is -2.33. The molecule has 2 fully saturated rings. The summed E-state index contributed by atoms with van der Waals surface area (Å²) in [6, 6.07) is 4.23. The maximum atomic E-state index is 14.0. The maximum absolute atomic E-state index is 14.0. The second-order valence-corrected chi connectivity index (χ2v) is 7.62. The molecule has 8 heteroatoms. The molecule has 0 bridgehead atoms. The Kier molecular flexibility index (Phi) is 6.22. The van der Waals surface area contributed by atoms with Gasteiger partial charge in [0.15, 0.2) is 0 Å². The van der Waals surface area contributed by atoms with E-state index in [1.807, 2.05) is 6.92 Å². The van der Waals surface area contributed by atoms with Crippen LogP contribution in [0.1, 0.15) is 37.8 Å². The lowest BCUT2D eigenvalue weighted by molar-refractivity contribution is -0.143. The highest BCUT2D eigenvalue weighted by atomic mass is 35.5. The first kappa shape index (κ1) is 19.9. The first-order valence-electron chi connectivity index (χ1n) is 9.38. The molecule has 1 aromatic carbocycles. The zero-order valence-corrected chi connectivity index (χ0v) is 16.1. The second kappa shape index (κ2) is 8.44. The van der Waals surface area contributed by atoms with E-state index in [1.54, 1.807) is 17.0 Å². The predicted molar refractivity (Wildman–Crippen MR) is 100 cm³/mol. The van der Waals surface area contributed by atoms with Gasteiger partial charge in [-0.2, -0.15) is 0 Å². The number of aliphatic carboxylic acids is 1. The normalized spacial score (nSPS) is 26.2. The number of carboxylic acid groups (broad SMARTS) is 1. The molecule has 0 aliphatic carbocycles. The van der Waals surface area contributed by atoms with Crippen LogP contribution in [0.5, 0.6) is 0 Å². The van der Waals surface area contributed by atoms with Crippen molar-refractivity contribution >= 4 is 23.6 Å². The number of likely N-dealkylation sites (N-methyl/N-ethyl adjacent to an activating group) is 1. The molecule has 0 aromatic heterocycles. The Morgan fingerprint density at radius 3 is 2.78 bits per heavy atom. The minimum absolute atomic E-state index is 0.0772. The van der Waals surface area contributed by atoms with E-state index in [4.69, 9.17) is 11.6 Å². The van der Waals surface area contributed by atoms with E-state index in [1.165, 1.54) is 6.07 Å². The average molecular weight is 398 g/mol. The predicted octanol–water partition coefficient (Wildman–Crippen LogP) is 3.12. The number of urea groups is 1. The Balaban J connectivity index is 1.73. The van der Waals surface area contributed by atoms with Gasteiger partial charge in [0.25, 0.3) is 0 Å². The van der Waals surface area contributed by atoms with Crippen molar-refractivity contribution in [3.8, 4) is 0 Å². The number of nitrogens with one attached hydrogen (secondary N) is 1. The summed E-state index contributed by atoms with van der Waals surface area (Å²) in [5.74, 6) is -1.84. The van der Waals surface area contributed by atoms with Crippen molar-refractivity contribution < 1.29 is 19.1 Å². The molecule has 3 rings (SSSR count). The number of carbonyl (C=O) groups excluding carboxylic acids is 1. The lowest BCUT2D eigenvalue weighted by atomic mass is 9.98. The number of halogens is 2. The van der Waals surface area contributed by atoms with Crippen LogP contribution in [-0.2, 0) is 4.79 Å². The summed E-state index contributed by atoms with van der Waals surface area (Å²) in [7, 11) is 0. The molecule has 1 aromatic rings. The van der Waals surface area contributed by atoms with Crippen LogP contribution < -0.4 is 5.32 Å². The van der Waals surface area contributed by atoms with Gasteiger partial charge in [0.2, 0.25) is 0 Å². The third-order valence-electron chi connectivity index (χ3n) is 5.56. The number of amides is 2. The van der Waals surface area contributed by atoms with Crippen LogP contribution in [0.3, 0.4) is 0 Å². The highest BCUT2D eigenvalue weighted by Gasteiger charge is 2.37. The molecule has 27 heavy (non-hydrogen) atoms. The van der Waals surface area contributed by atoms with Crippen LogP contribution in [0.15, 0.2) is 18.2 Å². The summed E-state index contributed by atoms with van der Waals surface area (Å²) < 4.78 is 14.0. The number of rotatable bonds is 4. The van der Waals surface area contributed by atoms with Gasteiger partial charge in [-0.05, 0) is 43.5 Å². The Hall–Kier alpha value is -1.86. The van der Waals surface area contributed by atoms with Gasteiger partial charge in [0.05, 0.1) is 23.0 Å². The van der Waals surface area contributed by atoms with Crippen molar-refractivity contribution in [2.24, 2.45) is 5.92 Å². The fourth-order valence-corrected chi connectivity index (χ4v) is 4.23. The average Bonchev–Trinajstić information content (AvgIpc) is 3.06. The van der Waals surface area contributed by atoms with E-state index < -0.39 is 17.7 Å². The third kappa shape index (κ3) is 4.35. The summed E-state index contributed by atoms with van der Waals surface area (Å²) in [4.78, 5) is 27.7. The second-order valence-electron chi connectivity index (χ2n) is 7.22. The molecule has 0 radical (unpaired) electrons. The van der Waals surface area contributed by atoms with Gasteiger partial charge in [0, 0.05) is 19.6 Å². The largest absolute Gasteiger partial charge is 0.481 e. The van der Waals surface area contributed by atoms with Crippen molar-refractivity contribution in [2.75, 3.05) is 26.2 Å². The number of hydrogen-bond acceptors (Lipinski definition) is 3. The lowest BCUT2D eigenvalue weighted by Crippen LogP contribution is -2.50. The molecule has 2 aliphatic rings. The zero-order valence-electron chi connectivity index (χ0n) is 15.3. The van der Waals surface area contributed by atoms with E-state index >= 15 is 0 Å². The van der Waals surface area contributed by atoms with Crippen LogP contribution >= 0.6 is 11.6 Å². The topological polar surface area (TPSA) is 72.9 Å². The molecular formula is C19H25ClFN3O3. The van der Waals surface area contributed by atoms with Gasteiger partial charge in [-0.25, -0.2) is 9.18 Å². The number of piperidine rings is 1. The number of carbonyl (C=O) groups is 2. The van der Waals surface area contributed by atoms with Crippen molar-refractivity contribution in [3.63, 3.8) is 0 Å². The van der Waals surface area contributed by atoms with Gasteiger partial charge < -0.3 is 15.3 Å². The molecule has 2 saturated heterocycles. The van der Waals surface area contributed by atoms with Crippen molar-refractivity contribution in [1.29, 1.82) is 0 Å². The van der Waals surface area contributed by atoms with E-state index in [0.29, 0.717) is 19.4 Å². The number of carboxylic acids is 1. The molecule has 2 amide bonds. The van der Waals surface area contributed by atoms with Crippen molar-refractivity contribution in [1.82, 2.24) is 15.1 Å². The maximum Gasteiger partial charge on any atom is 0.317 e. The van der Waals surface area contributed by atoms with Gasteiger partial charge in [0.1, 0.15) is 5.82 Å². The molecule has 6 nitrogen and oxygen atoms in total. The molecule has 2 heterocycles. The van der Waals surface area contributed by atoms with Crippen LogP contribution in [-0.4, -0.2) is 59.1 Å². The van der Waals surface area contributed by atoms with Crippen LogP contribution in [0.25, 0.3) is 0 Å². The Bertz CT molecular complexity index is 717. The minimum Gasteiger partial charge on any atom is -0.481 e. The van der Waals surface area contributed by atoms with Crippen LogP contribution in [0.2, 0.25) is 5.02 Å². The molecule has 3 unspecified atom stereocenters. The SMILES string of the molecule is CCN1CCC(NC(=O)N2CCCC(C(=O)O)C2)C1c1ccc(Cl)c(F)c1. The van der Waals surface area contributed by atoms with Crippen LogP contribution in [0, 0.1) is 11.7 Å². The van der Waals surface area contributed by atoms with E-state index in [-0.39, 0.29) is 29.7 Å². The summed E-state index contributed by atoms with van der Waals surface area (Å²) in [5, 5.41) is 12.3. The van der Waals surface area contributed by atoms with Gasteiger partial charge in [-0.1, -0.05) is 24.6 Å². The number of likely N-dealkylation sites (tertiary alicyclic amines) is 2. The van der Waals surface area contributed by atoms with Crippen molar-refractivity contribution in [2.45, 2.75) is 38.3 Å². The number of hydrogen-bond donors (Lipinski definition) is 2. The highest BCUT2D eigenvalue weighted by molar-refractivity contribution is 6.30. The zero-order chi connectivity index (χ0) is 19.6.